The number of rotatable bonds is 5. The summed E-state index contributed by atoms with van der Waals surface area (Å²) in [6, 6.07) is 0.866. The van der Waals surface area contributed by atoms with E-state index >= 15 is 0 Å². The first-order valence-electron chi connectivity index (χ1n) is 6.38. The second-order valence-corrected chi connectivity index (χ2v) is 5.04. The molecule has 1 aliphatic heterocycles. The number of likely N-dealkylation sites (tertiary alicyclic amines) is 1. The van der Waals surface area contributed by atoms with Crippen LogP contribution in [0, 0.1) is 11.8 Å². The molecule has 0 spiro atoms. The minimum absolute atomic E-state index is 0.165. The number of nitrogens with zero attached hydrogens (tertiary/aromatic N) is 1. The molecule has 2 rings (SSSR count). The lowest BCUT2D eigenvalue weighted by molar-refractivity contribution is 0.277. The summed E-state index contributed by atoms with van der Waals surface area (Å²) < 4.78 is 0. The van der Waals surface area contributed by atoms with Gasteiger partial charge in [-0.2, -0.15) is 0 Å². The molecule has 1 heterocycles. The van der Waals surface area contributed by atoms with Gasteiger partial charge >= 0.3 is 0 Å². The Hall–Kier alpha value is -0.560. The van der Waals surface area contributed by atoms with Crippen LogP contribution in [0.4, 0.5) is 0 Å². The molecule has 1 aliphatic carbocycles. The van der Waals surface area contributed by atoms with Gasteiger partial charge in [-0.1, -0.05) is 0 Å². The number of nitrogens with one attached hydrogen (secondary N) is 1. The largest absolute Gasteiger partial charge is 0.329 e. The summed E-state index contributed by atoms with van der Waals surface area (Å²) in [5, 5.41) is 3.62. The molecule has 3 N–H and O–H groups in total. The van der Waals surface area contributed by atoms with E-state index in [4.69, 9.17) is 5.73 Å². The monoisotopic (exact) mass is 221 g/mol. The smallest absolute Gasteiger partial charge is 0.0445 e. The predicted octanol–water partition coefficient (Wildman–Crippen LogP) is 0.555. The Morgan fingerprint density at radius 3 is 2.94 bits per heavy atom. The van der Waals surface area contributed by atoms with Crippen LogP contribution in [0.1, 0.15) is 32.6 Å². The van der Waals surface area contributed by atoms with Crippen LogP contribution in [0.25, 0.3) is 0 Å². The summed E-state index contributed by atoms with van der Waals surface area (Å²) >= 11 is 0. The zero-order chi connectivity index (χ0) is 11.4. The summed E-state index contributed by atoms with van der Waals surface area (Å²) in [6.07, 6.45) is 4.91. The van der Waals surface area contributed by atoms with Crippen LogP contribution >= 0.6 is 0 Å². The molecule has 2 fully saturated rings. The normalized spacial score (nSPS) is 30.1. The van der Waals surface area contributed by atoms with Crippen molar-refractivity contribution in [1.82, 2.24) is 10.2 Å². The van der Waals surface area contributed by atoms with Gasteiger partial charge in [0.15, 0.2) is 0 Å². The van der Waals surface area contributed by atoms with E-state index in [9.17, 15) is 0 Å². The van der Waals surface area contributed by atoms with Gasteiger partial charge in [0.2, 0.25) is 0 Å². The Bertz CT molecular complexity index is 287. The topological polar surface area (TPSA) is 41.3 Å². The van der Waals surface area contributed by atoms with Crippen molar-refractivity contribution in [2.45, 2.75) is 44.2 Å². The Morgan fingerprint density at radius 2 is 2.31 bits per heavy atom. The molecule has 0 bridgehead atoms. The molecule has 1 unspecified atom stereocenters. The zero-order valence-electron chi connectivity index (χ0n) is 10.3. The van der Waals surface area contributed by atoms with E-state index in [1.165, 1.54) is 25.8 Å². The highest BCUT2D eigenvalue weighted by molar-refractivity contribution is 5.03. The van der Waals surface area contributed by atoms with Gasteiger partial charge in [-0.15, -0.1) is 11.8 Å². The van der Waals surface area contributed by atoms with Crippen molar-refractivity contribution in [3.63, 3.8) is 0 Å². The minimum Gasteiger partial charge on any atom is -0.329 e. The molecule has 0 aromatic carbocycles. The maximum absolute atomic E-state index is 5.94. The van der Waals surface area contributed by atoms with E-state index in [2.05, 4.69) is 22.1 Å². The molecule has 0 radical (unpaired) electrons. The van der Waals surface area contributed by atoms with E-state index in [0.717, 1.165) is 32.1 Å². The zero-order valence-corrected chi connectivity index (χ0v) is 10.3. The molecule has 0 aromatic heterocycles. The molecule has 1 atom stereocenters. The van der Waals surface area contributed by atoms with Crippen molar-refractivity contribution in [2.75, 3.05) is 26.2 Å². The molecule has 1 saturated carbocycles. The lowest BCUT2D eigenvalue weighted by Crippen LogP contribution is -2.53. The number of hydrogen-bond donors (Lipinski definition) is 2. The summed E-state index contributed by atoms with van der Waals surface area (Å²) in [7, 11) is 0. The van der Waals surface area contributed by atoms with Gasteiger partial charge in [-0.25, -0.2) is 0 Å². The van der Waals surface area contributed by atoms with Crippen LogP contribution < -0.4 is 11.1 Å². The summed E-state index contributed by atoms with van der Waals surface area (Å²) in [4.78, 5) is 2.60. The van der Waals surface area contributed by atoms with Crippen LogP contribution in [-0.2, 0) is 0 Å². The molecule has 3 nitrogen and oxygen atoms in total. The lowest BCUT2D eigenvalue weighted by Gasteiger charge is -2.29. The SMILES string of the molecule is CC#CCCNC1(CN)CCN(C2CC2)C1. The van der Waals surface area contributed by atoms with Crippen molar-refractivity contribution >= 4 is 0 Å². The van der Waals surface area contributed by atoms with E-state index in [1.54, 1.807) is 0 Å². The average Bonchev–Trinajstić information content (AvgIpc) is 3.07. The molecule has 1 saturated heterocycles. The van der Waals surface area contributed by atoms with Crippen molar-refractivity contribution in [2.24, 2.45) is 5.73 Å². The molecule has 0 aromatic rings. The molecule has 16 heavy (non-hydrogen) atoms. The first-order valence-corrected chi connectivity index (χ1v) is 6.38. The predicted molar refractivity (Wildman–Crippen MR) is 67.1 cm³/mol. The van der Waals surface area contributed by atoms with Crippen LogP contribution in [-0.4, -0.2) is 42.7 Å². The first kappa shape index (κ1) is 11.9. The van der Waals surface area contributed by atoms with Crippen molar-refractivity contribution in [3.05, 3.63) is 0 Å². The van der Waals surface area contributed by atoms with Crippen LogP contribution in [0.3, 0.4) is 0 Å². The van der Waals surface area contributed by atoms with Gasteiger partial charge < -0.3 is 11.1 Å². The Labute approximate surface area is 98.8 Å². The molecule has 0 amide bonds. The fraction of sp³-hybridized carbons (Fsp3) is 0.846. The minimum atomic E-state index is 0.165. The van der Waals surface area contributed by atoms with Crippen LogP contribution in [0.2, 0.25) is 0 Å². The van der Waals surface area contributed by atoms with Gasteiger partial charge in [-0.05, 0) is 26.2 Å². The fourth-order valence-electron chi connectivity index (χ4n) is 2.55. The van der Waals surface area contributed by atoms with E-state index in [1.807, 2.05) is 6.92 Å². The highest BCUT2D eigenvalue weighted by atomic mass is 15.3. The summed E-state index contributed by atoms with van der Waals surface area (Å²) in [5.74, 6) is 6.02. The van der Waals surface area contributed by atoms with E-state index < -0.39 is 0 Å². The average molecular weight is 221 g/mol. The van der Waals surface area contributed by atoms with Gasteiger partial charge in [0, 0.05) is 44.2 Å². The third-order valence-electron chi connectivity index (χ3n) is 3.76. The number of nitrogens with two attached hydrogens (primary N) is 1. The highest BCUT2D eigenvalue weighted by Crippen LogP contribution is 2.32. The number of hydrogen-bond acceptors (Lipinski definition) is 3. The Kier molecular flexibility index (Phi) is 3.86. The Balaban J connectivity index is 1.79. The van der Waals surface area contributed by atoms with Crippen LogP contribution in [0.5, 0.6) is 0 Å². The van der Waals surface area contributed by atoms with E-state index in [0.29, 0.717) is 0 Å². The third-order valence-corrected chi connectivity index (χ3v) is 3.76. The first-order chi connectivity index (χ1) is 7.79. The molecule has 3 heteroatoms. The maximum atomic E-state index is 5.94. The van der Waals surface area contributed by atoms with Gasteiger partial charge in [0.25, 0.3) is 0 Å². The molecular formula is C13H23N3. The van der Waals surface area contributed by atoms with Gasteiger partial charge in [0.1, 0.15) is 0 Å². The van der Waals surface area contributed by atoms with Gasteiger partial charge in [-0.3, -0.25) is 4.90 Å². The van der Waals surface area contributed by atoms with Crippen LogP contribution in [0.15, 0.2) is 0 Å². The molecular weight excluding hydrogens is 198 g/mol. The fourth-order valence-corrected chi connectivity index (χ4v) is 2.55. The van der Waals surface area contributed by atoms with Crippen molar-refractivity contribution < 1.29 is 0 Å². The quantitative estimate of drug-likeness (QED) is 0.526. The molecule has 90 valence electrons. The summed E-state index contributed by atoms with van der Waals surface area (Å²) in [5.41, 5.74) is 6.11. The summed E-state index contributed by atoms with van der Waals surface area (Å²) in [6.45, 7) is 5.96. The van der Waals surface area contributed by atoms with E-state index in [-0.39, 0.29) is 5.54 Å². The second-order valence-electron chi connectivity index (χ2n) is 5.04. The second kappa shape index (κ2) is 5.18. The van der Waals surface area contributed by atoms with Crippen molar-refractivity contribution in [3.8, 4) is 11.8 Å². The molecule has 2 aliphatic rings. The third kappa shape index (κ3) is 2.76. The Morgan fingerprint density at radius 1 is 1.50 bits per heavy atom. The standard InChI is InChI=1S/C13H23N3/c1-2-3-4-8-15-13(10-14)7-9-16(11-13)12-5-6-12/h12,15H,4-11,14H2,1H3. The van der Waals surface area contributed by atoms with Crippen molar-refractivity contribution in [1.29, 1.82) is 0 Å². The highest BCUT2D eigenvalue weighted by Gasteiger charge is 2.41. The van der Waals surface area contributed by atoms with Gasteiger partial charge in [0.05, 0.1) is 0 Å². The lowest BCUT2D eigenvalue weighted by atomic mass is 9.99. The maximum Gasteiger partial charge on any atom is 0.0445 e.